The molecule has 0 heterocycles. The third-order valence-corrected chi connectivity index (χ3v) is 2.18. The van der Waals surface area contributed by atoms with Gasteiger partial charge in [-0.3, -0.25) is 4.79 Å². The largest absolute Gasteiger partial charge is 0.467 e. The Morgan fingerprint density at radius 2 is 2.42 bits per heavy atom. The minimum absolute atomic E-state index is 0.0344. The van der Waals surface area contributed by atoms with Gasteiger partial charge >= 0.3 is 5.97 Å². The van der Waals surface area contributed by atoms with Gasteiger partial charge in [0.2, 0.25) is 0 Å². The topological polar surface area (TPSA) is 63.6 Å². The van der Waals surface area contributed by atoms with Crippen LogP contribution in [0.2, 0.25) is 0 Å². The number of carbonyl (C=O) groups excluding carboxylic acids is 2. The normalized spacial score (nSPS) is 25.5. The van der Waals surface area contributed by atoms with Gasteiger partial charge in [-0.25, -0.2) is 4.79 Å². The molecule has 2 atom stereocenters. The van der Waals surface area contributed by atoms with Gasteiger partial charge in [0.1, 0.15) is 5.78 Å². The molecule has 2 unspecified atom stereocenters. The third kappa shape index (κ3) is 1.64. The van der Waals surface area contributed by atoms with Crippen LogP contribution in [0.15, 0.2) is 0 Å². The summed E-state index contributed by atoms with van der Waals surface area (Å²) in [4.78, 5) is 21.9. The zero-order chi connectivity index (χ0) is 9.14. The molecule has 1 aliphatic carbocycles. The average molecular weight is 172 g/mol. The number of hydrogen-bond donors (Lipinski definition) is 1. The zero-order valence-electron chi connectivity index (χ0n) is 6.95. The van der Waals surface area contributed by atoms with Gasteiger partial charge in [0.15, 0.2) is 6.10 Å². The Bertz CT molecular complexity index is 199. The molecule has 0 aromatic rings. The zero-order valence-corrected chi connectivity index (χ0v) is 6.95. The molecule has 0 amide bonds. The molecule has 4 nitrogen and oxygen atoms in total. The van der Waals surface area contributed by atoms with Crippen molar-refractivity contribution >= 4 is 11.8 Å². The molecule has 1 rings (SSSR count). The van der Waals surface area contributed by atoms with E-state index in [0.717, 1.165) is 6.42 Å². The lowest BCUT2D eigenvalue weighted by Gasteiger charge is -2.13. The van der Waals surface area contributed by atoms with E-state index in [9.17, 15) is 14.7 Å². The number of hydrogen-bond acceptors (Lipinski definition) is 4. The summed E-state index contributed by atoms with van der Waals surface area (Å²) in [5.74, 6) is -1.28. The molecule has 68 valence electrons. The minimum atomic E-state index is -1.26. The maximum atomic E-state index is 11.1. The van der Waals surface area contributed by atoms with E-state index in [0.29, 0.717) is 12.8 Å². The molecule has 0 radical (unpaired) electrons. The van der Waals surface area contributed by atoms with Gasteiger partial charge in [-0.1, -0.05) is 0 Å². The van der Waals surface area contributed by atoms with Crippen molar-refractivity contribution in [3.63, 3.8) is 0 Å². The predicted octanol–water partition coefficient (Wildman–Crippen LogP) is -0.111. The second-order valence-electron chi connectivity index (χ2n) is 2.93. The Labute approximate surface area is 70.5 Å². The molecule has 1 saturated carbocycles. The summed E-state index contributed by atoms with van der Waals surface area (Å²) >= 11 is 0. The maximum Gasteiger partial charge on any atom is 0.335 e. The molecule has 0 aliphatic heterocycles. The van der Waals surface area contributed by atoms with Crippen molar-refractivity contribution in [2.45, 2.75) is 25.4 Å². The van der Waals surface area contributed by atoms with Crippen molar-refractivity contribution in [3.05, 3.63) is 0 Å². The van der Waals surface area contributed by atoms with Crippen LogP contribution in [0.1, 0.15) is 19.3 Å². The van der Waals surface area contributed by atoms with Crippen molar-refractivity contribution in [1.29, 1.82) is 0 Å². The first-order valence-electron chi connectivity index (χ1n) is 3.95. The van der Waals surface area contributed by atoms with Gasteiger partial charge in [0.25, 0.3) is 0 Å². The highest BCUT2D eigenvalue weighted by Gasteiger charge is 2.35. The number of aliphatic hydroxyl groups is 1. The molecule has 1 aliphatic rings. The van der Waals surface area contributed by atoms with Crippen LogP contribution in [0.3, 0.4) is 0 Å². The van der Waals surface area contributed by atoms with Gasteiger partial charge in [-0.05, 0) is 12.8 Å². The maximum absolute atomic E-state index is 11.1. The highest BCUT2D eigenvalue weighted by Crippen LogP contribution is 2.24. The fraction of sp³-hybridized carbons (Fsp3) is 0.750. The molecular formula is C8H12O4. The molecule has 0 saturated heterocycles. The van der Waals surface area contributed by atoms with E-state index < -0.39 is 18.0 Å². The number of ketones is 1. The van der Waals surface area contributed by atoms with Crippen LogP contribution in [-0.2, 0) is 14.3 Å². The number of rotatable bonds is 2. The van der Waals surface area contributed by atoms with Crippen LogP contribution >= 0.6 is 0 Å². The lowest BCUT2D eigenvalue weighted by atomic mass is 10.0. The molecule has 0 aromatic heterocycles. The Morgan fingerprint density at radius 1 is 1.75 bits per heavy atom. The second kappa shape index (κ2) is 3.67. The van der Waals surface area contributed by atoms with Crippen molar-refractivity contribution < 1.29 is 19.4 Å². The first-order valence-corrected chi connectivity index (χ1v) is 3.95. The van der Waals surface area contributed by atoms with Gasteiger partial charge in [0, 0.05) is 6.42 Å². The van der Waals surface area contributed by atoms with Crippen LogP contribution in [0, 0.1) is 5.92 Å². The lowest BCUT2D eigenvalue weighted by Crippen LogP contribution is -2.32. The van der Waals surface area contributed by atoms with Crippen molar-refractivity contribution in [2.75, 3.05) is 7.11 Å². The quantitative estimate of drug-likeness (QED) is 0.590. The molecule has 0 bridgehead atoms. The summed E-state index contributed by atoms with van der Waals surface area (Å²) in [5, 5.41) is 9.29. The lowest BCUT2D eigenvalue weighted by molar-refractivity contribution is -0.155. The Hall–Kier alpha value is -0.900. The van der Waals surface area contributed by atoms with Crippen LogP contribution in [-0.4, -0.2) is 30.1 Å². The van der Waals surface area contributed by atoms with E-state index in [1.165, 1.54) is 7.11 Å². The van der Waals surface area contributed by atoms with Gasteiger partial charge in [-0.2, -0.15) is 0 Å². The van der Waals surface area contributed by atoms with Gasteiger partial charge in [-0.15, -0.1) is 0 Å². The first-order chi connectivity index (χ1) is 5.66. The smallest absolute Gasteiger partial charge is 0.335 e. The summed E-state index contributed by atoms with van der Waals surface area (Å²) in [6.07, 6.45) is 0.566. The third-order valence-electron chi connectivity index (χ3n) is 2.18. The summed E-state index contributed by atoms with van der Waals surface area (Å²) in [7, 11) is 1.20. The van der Waals surface area contributed by atoms with E-state index >= 15 is 0 Å². The highest BCUT2D eigenvalue weighted by atomic mass is 16.5. The van der Waals surface area contributed by atoms with Crippen molar-refractivity contribution in [1.82, 2.24) is 0 Å². The van der Waals surface area contributed by atoms with E-state index in [-0.39, 0.29) is 5.78 Å². The fourth-order valence-electron chi connectivity index (χ4n) is 1.46. The van der Waals surface area contributed by atoms with E-state index in [1.807, 2.05) is 0 Å². The summed E-state index contributed by atoms with van der Waals surface area (Å²) in [6, 6.07) is 0. The van der Waals surface area contributed by atoms with E-state index in [1.54, 1.807) is 0 Å². The first kappa shape index (κ1) is 9.19. The number of methoxy groups -OCH3 is 1. The predicted molar refractivity (Wildman–Crippen MR) is 40.4 cm³/mol. The number of carbonyl (C=O) groups is 2. The molecule has 1 fully saturated rings. The highest BCUT2D eigenvalue weighted by molar-refractivity contribution is 5.89. The molecule has 0 spiro atoms. The Balaban J connectivity index is 2.57. The molecule has 0 aromatic carbocycles. The summed E-state index contributed by atoms with van der Waals surface area (Å²) in [5.41, 5.74) is 0. The molecular weight excluding hydrogens is 160 g/mol. The number of esters is 1. The molecule has 4 heteroatoms. The van der Waals surface area contributed by atoms with Crippen LogP contribution in [0.4, 0.5) is 0 Å². The molecule has 12 heavy (non-hydrogen) atoms. The van der Waals surface area contributed by atoms with E-state index in [4.69, 9.17) is 0 Å². The van der Waals surface area contributed by atoms with Crippen molar-refractivity contribution in [2.24, 2.45) is 5.92 Å². The average Bonchev–Trinajstić information content (AvgIpc) is 2.48. The van der Waals surface area contributed by atoms with Crippen molar-refractivity contribution in [3.8, 4) is 0 Å². The van der Waals surface area contributed by atoms with Gasteiger partial charge < -0.3 is 9.84 Å². The minimum Gasteiger partial charge on any atom is -0.467 e. The second-order valence-corrected chi connectivity index (χ2v) is 2.93. The van der Waals surface area contributed by atoms with Crippen LogP contribution in [0.5, 0.6) is 0 Å². The monoisotopic (exact) mass is 172 g/mol. The Kier molecular flexibility index (Phi) is 2.81. The number of aliphatic hydroxyl groups excluding tert-OH is 1. The SMILES string of the molecule is COC(=O)C(O)C1CCCC1=O. The Morgan fingerprint density at radius 3 is 2.83 bits per heavy atom. The summed E-state index contributed by atoms with van der Waals surface area (Å²) < 4.78 is 4.33. The summed E-state index contributed by atoms with van der Waals surface area (Å²) in [6.45, 7) is 0. The van der Waals surface area contributed by atoms with Crippen LogP contribution in [0.25, 0.3) is 0 Å². The number of Topliss-reactive ketones (excluding diaryl/α,β-unsaturated/α-hetero) is 1. The van der Waals surface area contributed by atoms with Gasteiger partial charge in [0.05, 0.1) is 13.0 Å². The fourth-order valence-corrected chi connectivity index (χ4v) is 1.46. The molecule has 1 N–H and O–H groups in total. The van der Waals surface area contributed by atoms with Crippen LogP contribution < -0.4 is 0 Å². The van der Waals surface area contributed by atoms with E-state index in [2.05, 4.69) is 4.74 Å². The number of ether oxygens (including phenoxy) is 1. The standard InChI is InChI=1S/C8H12O4/c1-12-8(11)7(10)5-3-2-4-6(5)9/h5,7,10H,2-4H2,1H3.